The molecule has 3 aromatic carbocycles. The van der Waals surface area contributed by atoms with E-state index in [1.165, 1.54) is 0 Å². The molecule has 0 radical (unpaired) electrons. The Labute approximate surface area is 223 Å². The second kappa shape index (κ2) is 12.8. The number of hydrogen-bond acceptors (Lipinski definition) is 7. The predicted octanol–water partition coefficient (Wildman–Crippen LogP) is 7.13. The fourth-order valence-electron chi connectivity index (χ4n) is 4.22. The summed E-state index contributed by atoms with van der Waals surface area (Å²) in [6.45, 7) is 6.46. The number of hydrogen-bond donors (Lipinski definition) is 1. The molecule has 4 aromatic rings. The van der Waals surface area contributed by atoms with Gasteiger partial charge in [-0.2, -0.15) is 4.98 Å². The summed E-state index contributed by atoms with van der Waals surface area (Å²) in [6.07, 6.45) is 1.06. The number of carbonyl (C=O) groups excluding carboxylic acids is 2. The van der Waals surface area contributed by atoms with Crippen molar-refractivity contribution in [2.45, 2.75) is 46.1 Å². The largest absolute Gasteiger partial charge is 0.466 e. The third-order valence-electron chi connectivity index (χ3n) is 6.26. The molecule has 0 saturated carbocycles. The highest BCUT2D eigenvalue weighted by Crippen LogP contribution is 2.29. The maximum atomic E-state index is 12.5. The molecule has 0 aliphatic heterocycles. The Morgan fingerprint density at radius 1 is 0.895 bits per heavy atom. The first-order valence-electron chi connectivity index (χ1n) is 13.0. The summed E-state index contributed by atoms with van der Waals surface area (Å²) >= 11 is 0. The summed E-state index contributed by atoms with van der Waals surface area (Å²) in [6, 6.07) is 25.4. The zero-order valence-electron chi connectivity index (χ0n) is 22.0. The van der Waals surface area contributed by atoms with Gasteiger partial charge in [0.25, 0.3) is 5.89 Å². The van der Waals surface area contributed by atoms with Crippen molar-refractivity contribution in [1.82, 2.24) is 10.1 Å². The lowest BCUT2D eigenvalue weighted by molar-refractivity contribution is -0.143. The fourth-order valence-corrected chi connectivity index (χ4v) is 4.22. The van der Waals surface area contributed by atoms with Gasteiger partial charge in [-0.3, -0.25) is 9.59 Å². The molecule has 0 saturated heterocycles. The minimum atomic E-state index is -0.262. The average molecular weight is 512 g/mol. The summed E-state index contributed by atoms with van der Waals surface area (Å²) in [5.41, 5.74) is 4.47. The van der Waals surface area contributed by atoms with E-state index in [1.807, 2.05) is 66.7 Å². The fraction of sp³-hybridized carbons (Fsp3) is 0.290. The number of nitrogens with zero attached hydrogens (tertiary/aromatic N) is 2. The van der Waals surface area contributed by atoms with Crippen LogP contribution < -0.4 is 5.32 Å². The van der Waals surface area contributed by atoms with Crippen LogP contribution in [0.3, 0.4) is 0 Å². The van der Waals surface area contributed by atoms with E-state index >= 15 is 0 Å². The molecule has 0 unspecified atom stereocenters. The van der Waals surface area contributed by atoms with Gasteiger partial charge in [0.15, 0.2) is 5.78 Å². The first kappa shape index (κ1) is 26.8. The maximum Gasteiger partial charge on any atom is 0.305 e. The molecule has 1 aromatic heterocycles. The molecule has 0 fully saturated rings. The zero-order chi connectivity index (χ0) is 26.9. The molecule has 7 nitrogen and oxygen atoms in total. The molecule has 0 bridgehead atoms. The van der Waals surface area contributed by atoms with Crippen molar-refractivity contribution in [2.75, 3.05) is 11.9 Å². The molecule has 7 heteroatoms. The van der Waals surface area contributed by atoms with Crippen molar-refractivity contribution in [3.05, 3.63) is 90.0 Å². The SMILES string of the molecule is CCOC(=O)CCCC(=O)c1ccc(N[C@H](c2ccc(-c3nc(-c4ccccc4)no3)cc2)C(C)C)cc1. The van der Waals surface area contributed by atoms with Crippen LogP contribution in [0.5, 0.6) is 0 Å². The third kappa shape index (κ3) is 6.94. The molecule has 4 rings (SSSR count). The lowest BCUT2D eigenvalue weighted by atomic mass is 9.94. The van der Waals surface area contributed by atoms with Crippen LogP contribution in [-0.2, 0) is 9.53 Å². The molecular weight excluding hydrogens is 478 g/mol. The molecule has 0 aliphatic rings. The van der Waals surface area contributed by atoms with Crippen LogP contribution in [0.1, 0.15) is 62.0 Å². The van der Waals surface area contributed by atoms with Crippen molar-refractivity contribution in [3.63, 3.8) is 0 Å². The van der Waals surface area contributed by atoms with Gasteiger partial charge in [-0.15, -0.1) is 0 Å². The smallest absolute Gasteiger partial charge is 0.305 e. The monoisotopic (exact) mass is 511 g/mol. The van der Waals surface area contributed by atoms with Crippen molar-refractivity contribution in [1.29, 1.82) is 0 Å². The van der Waals surface area contributed by atoms with Crippen LogP contribution in [0.25, 0.3) is 22.8 Å². The summed E-state index contributed by atoms with van der Waals surface area (Å²) in [7, 11) is 0. The Morgan fingerprint density at radius 3 is 2.26 bits per heavy atom. The number of esters is 1. The Bertz CT molecular complexity index is 1330. The average Bonchev–Trinajstić information content (AvgIpc) is 3.43. The molecule has 0 aliphatic carbocycles. The molecule has 38 heavy (non-hydrogen) atoms. The maximum absolute atomic E-state index is 12.5. The van der Waals surface area contributed by atoms with Gasteiger partial charge < -0.3 is 14.6 Å². The van der Waals surface area contributed by atoms with Gasteiger partial charge in [0.05, 0.1) is 12.6 Å². The van der Waals surface area contributed by atoms with E-state index in [4.69, 9.17) is 9.26 Å². The Kier molecular flexibility index (Phi) is 9.03. The summed E-state index contributed by atoms with van der Waals surface area (Å²) in [5, 5.41) is 7.71. The van der Waals surface area contributed by atoms with E-state index in [9.17, 15) is 9.59 Å². The van der Waals surface area contributed by atoms with Gasteiger partial charge in [0, 0.05) is 35.2 Å². The van der Waals surface area contributed by atoms with E-state index in [0.29, 0.717) is 42.6 Å². The second-order valence-corrected chi connectivity index (χ2v) is 9.44. The van der Waals surface area contributed by atoms with Gasteiger partial charge >= 0.3 is 5.97 Å². The van der Waals surface area contributed by atoms with E-state index in [1.54, 1.807) is 6.92 Å². The van der Waals surface area contributed by atoms with E-state index in [0.717, 1.165) is 22.4 Å². The lowest BCUT2D eigenvalue weighted by Gasteiger charge is -2.24. The Hall–Kier alpha value is -4.26. The van der Waals surface area contributed by atoms with Gasteiger partial charge in [0.1, 0.15) is 0 Å². The summed E-state index contributed by atoms with van der Waals surface area (Å²) in [4.78, 5) is 28.5. The quantitative estimate of drug-likeness (QED) is 0.160. The van der Waals surface area contributed by atoms with Gasteiger partial charge in [0.2, 0.25) is 5.82 Å². The standard InChI is InChI=1S/C31H33N3O4/c1-4-37-28(36)12-8-11-27(35)22-17-19-26(20-18-22)32-29(21(2)3)23-13-15-25(16-14-23)31-33-30(34-38-31)24-9-6-5-7-10-24/h5-7,9-10,13-21,29,32H,4,8,11-12H2,1-3H3/t29-/m0/s1. The number of carbonyl (C=O) groups is 2. The number of aromatic nitrogens is 2. The third-order valence-corrected chi connectivity index (χ3v) is 6.26. The topological polar surface area (TPSA) is 94.3 Å². The summed E-state index contributed by atoms with van der Waals surface area (Å²) in [5.74, 6) is 1.12. The van der Waals surface area contributed by atoms with E-state index < -0.39 is 0 Å². The van der Waals surface area contributed by atoms with Crippen LogP contribution in [0.2, 0.25) is 0 Å². The number of ketones is 1. The van der Waals surface area contributed by atoms with Crippen molar-refractivity contribution in [3.8, 4) is 22.8 Å². The first-order valence-corrected chi connectivity index (χ1v) is 13.0. The molecule has 196 valence electrons. The zero-order valence-corrected chi connectivity index (χ0v) is 22.0. The Balaban J connectivity index is 1.38. The van der Waals surface area contributed by atoms with Crippen LogP contribution in [0, 0.1) is 5.92 Å². The number of rotatable bonds is 12. The number of benzene rings is 3. The normalized spacial score (nSPS) is 11.8. The molecule has 1 atom stereocenters. The molecule has 0 spiro atoms. The van der Waals surface area contributed by atoms with Crippen LogP contribution in [0.4, 0.5) is 5.69 Å². The van der Waals surface area contributed by atoms with E-state index in [-0.39, 0.29) is 24.2 Å². The predicted molar refractivity (Wildman–Crippen MR) is 148 cm³/mol. The number of anilines is 1. The molecule has 1 N–H and O–H groups in total. The van der Waals surface area contributed by atoms with Gasteiger partial charge in [-0.05, 0) is 61.2 Å². The van der Waals surface area contributed by atoms with Gasteiger partial charge in [-0.1, -0.05) is 61.5 Å². The first-order chi connectivity index (χ1) is 18.4. The second-order valence-electron chi connectivity index (χ2n) is 9.44. The van der Waals surface area contributed by atoms with Crippen molar-refractivity contribution >= 4 is 17.4 Å². The Morgan fingerprint density at radius 2 is 1.61 bits per heavy atom. The minimum absolute atomic E-state index is 0.0216. The summed E-state index contributed by atoms with van der Waals surface area (Å²) < 4.78 is 10.4. The molecule has 1 heterocycles. The lowest BCUT2D eigenvalue weighted by Crippen LogP contribution is -2.16. The minimum Gasteiger partial charge on any atom is -0.466 e. The number of Topliss-reactive ketones (excluding diaryl/α,β-unsaturated/α-hetero) is 1. The highest BCUT2D eigenvalue weighted by Gasteiger charge is 2.18. The van der Waals surface area contributed by atoms with Crippen LogP contribution in [0.15, 0.2) is 83.4 Å². The number of ether oxygens (including phenoxy) is 1. The van der Waals surface area contributed by atoms with Crippen molar-refractivity contribution in [2.24, 2.45) is 5.92 Å². The number of nitrogens with one attached hydrogen (secondary N) is 1. The van der Waals surface area contributed by atoms with Crippen LogP contribution >= 0.6 is 0 Å². The van der Waals surface area contributed by atoms with E-state index in [2.05, 4.69) is 41.4 Å². The molecular formula is C31H33N3O4. The highest BCUT2D eigenvalue weighted by atomic mass is 16.5. The van der Waals surface area contributed by atoms with Crippen molar-refractivity contribution < 1.29 is 18.8 Å². The van der Waals surface area contributed by atoms with Gasteiger partial charge in [-0.25, -0.2) is 0 Å². The molecule has 0 amide bonds. The highest BCUT2D eigenvalue weighted by molar-refractivity contribution is 5.96. The van der Waals surface area contributed by atoms with Crippen LogP contribution in [-0.4, -0.2) is 28.5 Å².